The average Bonchev–Trinajstić information content (AvgIpc) is 2.83. The van der Waals surface area contributed by atoms with E-state index in [9.17, 15) is 9.59 Å². The van der Waals surface area contributed by atoms with Gasteiger partial charge in [-0.25, -0.2) is 9.59 Å². The van der Waals surface area contributed by atoms with Crippen LogP contribution >= 0.6 is 0 Å². The van der Waals surface area contributed by atoms with E-state index in [0.29, 0.717) is 26.0 Å². The molecule has 6 nitrogen and oxygen atoms in total. The largest absolute Gasteiger partial charge is 0.463 e. The van der Waals surface area contributed by atoms with Crippen LogP contribution in [0, 0.1) is 11.8 Å². The van der Waals surface area contributed by atoms with Crippen molar-refractivity contribution in [2.75, 3.05) is 13.2 Å². The van der Waals surface area contributed by atoms with Crippen molar-refractivity contribution in [3.63, 3.8) is 0 Å². The molecule has 166 valence electrons. The molecule has 0 N–H and O–H groups in total. The second-order valence-electron chi connectivity index (χ2n) is 8.76. The van der Waals surface area contributed by atoms with E-state index in [1.54, 1.807) is 6.20 Å². The first kappa shape index (κ1) is 20.7. The molecule has 2 aliphatic carbocycles. The standard InChI is InChI=1S/C26H28N2O4/c1-2-31-24(29)19-12-13-26-21(20(19)16-23-22(26)10-6-14-27-23)11-7-15-28(26)25(30)32-17-18-8-4-3-5-9-18/h3-6,8-10,12,14,20-21H,2,7,11,13,15-17H2,1H3/t20-,21-,26-/m1/s1. The molecule has 6 heteroatoms. The number of hydrogen-bond acceptors (Lipinski definition) is 5. The molecule has 2 heterocycles. The molecule has 2 aromatic rings. The Kier molecular flexibility index (Phi) is 5.45. The van der Waals surface area contributed by atoms with Crippen LogP contribution in [-0.2, 0) is 32.8 Å². The minimum atomic E-state index is -0.533. The summed E-state index contributed by atoms with van der Waals surface area (Å²) < 4.78 is 11.2. The van der Waals surface area contributed by atoms with Crippen LogP contribution in [0.1, 0.15) is 43.0 Å². The van der Waals surface area contributed by atoms with Gasteiger partial charge in [0.05, 0.1) is 12.1 Å². The van der Waals surface area contributed by atoms with Gasteiger partial charge < -0.3 is 9.47 Å². The number of nitrogens with zero attached hydrogens (tertiary/aromatic N) is 2. The maximum atomic E-state index is 13.4. The summed E-state index contributed by atoms with van der Waals surface area (Å²) >= 11 is 0. The molecule has 1 fully saturated rings. The van der Waals surface area contributed by atoms with E-state index in [1.807, 2.05) is 54.3 Å². The van der Waals surface area contributed by atoms with E-state index in [2.05, 4.69) is 11.1 Å². The van der Waals surface area contributed by atoms with Crippen molar-refractivity contribution in [1.82, 2.24) is 9.88 Å². The third-order valence-corrected chi connectivity index (χ3v) is 7.22. The molecule has 0 unspecified atom stereocenters. The maximum Gasteiger partial charge on any atom is 0.410 e. The predicted molar refractivity (Wildman–Crippen MR) is 118 cm³/mol. The molecule has 0 saturated carbocycles. The summed E-state index contributed by atoms with van der Waals surface area (Å²) in [6.45, 7) is 3.05. The predicted octanol–water partition coefficient (Wildman–Crippen LogP) is 4.39. The fraction of sp³-hybridized carbons (Fsp3) is 0.423. The summed E-state index contributed by atoms with van der Waals surface area (Å²) in [6.07, 6.45) is 6.59. The number of benzene rings is 1. The second kappa shape index (κ2) is 8.41. The molecule has 3 aliphatic rings. The third-order valence-electron chi connectivity index (χ3n) is 7.22. The zero-order chi connectivity index (χ0) is 22.1. The molecule has 0 radical (unpaired) electrons. The van der Waals surface area contributed by atoms with E-state index in [4.69, 9.17) is 9.47 Å². The van der Waals surface area contributed by atoms with E-state index in [1.165, 1.54) is 0 Å². The fourth-order valence-corrected chi connectivity index (χ4v) is 5.95. The summed E-state index contributed by atoms with van der Waals surface area (Å²) in [6, 6.07) is 13.8. The molecular weight excluding hydrogens is 404 g/mol. The lowest BCUT2D eigenvalue weighted by Crippen LogP contribution is -2.62. The van der Waals surface area contributed by atoms with E-state index < -0.39 is 5.54 Å². The number of aromatic nitrogens is 1. The number of rotatable bonds is 4. The topological polar surface area (TPSA) is 68.7 Å². The average molecular weight is 433 g/mol. The number of fused-ring (bicyclic) bond motifs is 1. The SMILES string of the molecule is CCOC(=O)C1=CC[C@]23c4cccnc4C[C@H]1[C@H]2CCCN3C(=O)OCc1ccccc1. The van der Waals surface area contributed by atoms with Crippen LogP contribution in [0.25, 0.3) is 0 Å². The van der Waals surface area contributed by atoms with Gasteiger partial charge in [0.1, 0.15) is 6.61 Å². The van der Waals surface area contributed by atoms with Gasteiger partial charge in [-0.3, -0.25) is 9.88 Å². The molecule has 32 heavy (non-hydrogen) atoms. The summed E-state index contributed by atoms with van der Waals surface area (Å²) in [4.78, 5) is 32.7. The zero-order valence-electron chi connectivity index (χ0n) is 18.3. The minimum absolute atomic E-state index is 0.00470. The van der Waals surface area contributed by atoms with Crippen LogP contribution in [-0.4, -0.2) is 35.1 Å². The molecule has 1 amide bonds. The number of carbonyl (C=O) groups is 2. The number of ether oxygens (including phenoxy) is 2. The number of esters is 1. The molecule has 1 aromatic carbocycles. The third kappa shape index (κ3) is 3.29. The second-order valence-corrected chi connectivity index (χ2v) is 8.76. The summed E-state index contributed by atoms with van der Waals surface area (Å²) in [5, 5.41) is 0. The lowest BCUT2D eigenvalue weighted by atomic mass is 9.55. The molecule has 0 spiro atoms. The first-order valence-corrected chi connectivity index (χ1v) is 11.4. The number of piperidine rings is 1. The van der Waals surface area contributed by atoms with Crippen LogP contribution in [0.2, 0.25) is 0 Å². The summed E-state index contributed by atoms with van der Waals surface area (Å²) in [5.41, 5.74) is 3.23. The Bertz CT molecular complexity index is 1050. The van der Waals surface area contributed by atoms with Gasteiger partial charge in [-0.1, -0.05) is 42.5 Å². The van der Waals surface area contributed by atoms with Crippen LogP contribution < -0.4 is 0 Å². The van der Waals surface area contributed by atoms with Crippen molar-refractivity contribution in [3.8, 4) is 0 Å². The van der Waals surface area contributed by atoms with Crippen LogP contribution in [0.15, 0.2) is 60.3 Å². The van der Waals surface area contributed by atoms with Gasteiger partial charge in [0.25, 0.3) is 0 Å². The normalized spacial score (nSPS) is 25.8. The van der Waals surface area contributed by atoms with Crippen molar-refractivity contribution < 1.29 is 19.1 Å². The Balaban J connectivity index is 1.52. The highest BCUT2D eigenvalue weighted by Gasteiger charge is 2.58. The van der Waals surface area contributed by atoms with Gasteiger partial charge >= 0.3 is 12.1 Å². The van der Waals surface area contributed by atoms with Gasteiger partial charge in [0, 0.05) is 35.5 Å². The fourth-order valence-electron chi connectivity index (χ4n) is 5.95. The molecular formula is C26H28N2O4. The van der Waals surface area contributed by atoms with Crippen molar-refractivity contribution >= 4 is 12.1 Å². The highest BCUT2D eigenvalue weighted by atomic mass is 16.6. The number of carbonyl (C=O) groups excluding carboxylic acids is 2. The van der Waals surface area contributed by atoms with Gasteiger partial charge in [0.2, 0.25) is 0 Å². The lowest BCUT2D eigenvalue weighted by Gasteiger charge is -2.58. The van der Waals surface area contributed by atoms with Gasteiger partial charge in [-0.2, -0.15) is 0 Å². The monoisotopic (exact) mass is 432 g/mol. The van der Waals surface area contributed by atoms with Crippen molar-refractivity contribution in [1.29, 1.82) is 0 Å². The van der Waals surface area contributed by atoms with Crippen molar-refractivity contribution in [2.45, 2.75) is 44.8 Å². The number of amides is 1. The first-order valence-electron chi connectivity index (χ1n) is 11.4. The zero-order valence-corrected chi connectivity index (χ0v) is 18.3. The molecule has 2 bridgehead atoms. The van der Waals surface area contributed by atoms with E-state index in [-0.39, 0.29) is 30.5 Å². The summed E-state index contributed by atoms with van der Waals surface area (Å²) in [5.74, 6) is -0.106. The quantitative estimate of drug-likeness (QED) is 0.670. The van der Waals surface area contributed by atoms with Crippen LogP contribution in [0.4, 0.5) is 4.79 Å². The number of hydrogen-bond donors (Lipinski definition) is 0. The minimum Gasteiger partial charge on any atom is -0.463 e. The molecule has 5 rings (SSSR count). The summed E-state index contributed by atoms with van der Waals surface area (Å²) in [7, 11) is 0. The molecule has 3 atom stereocenters. The Morgan fingerprint density at radius 1 is 1.16 bits per heavy atom. The van der Waals surface area contributed by atoms with Crippen molar-refractivity contribution in [3.05, 3.63) is 77.1 Å². The Labute approximate surface area is 188 Å². The highest BCUT2D eigenvalue weighted by molar-refractivity contribution is 5.90. The van der Waals surface area contributed by atoms with Gasteiger partial charge in [0.15, 0.2) is 0 Å². The molecule has 1 aliphatic heterocycles. The first-order chi connectivity index (χ1) is 15.6. The number of pyridine rings is 1. The van der Waals surface area contributed by atoms with E-state index in [0.717, 1.165) is 35.2 Å². The Morgan fingerprint density at radius 3 is 2.81 bits per heavy atom. The molecule has 1 saturated heterocycles. The van der Waals surface area contributed by atoms with Crippen LogP contribution in [0.5, 0.6) is 0 Å². The van der Waals surface area contributed by atoms with Gasteiger partial charge in [-0.15, -0.1) is 0 Å². The van der Waals surface area contributed by atoms with Crippen LogP contribution in [0.3, 0.4) is 0 Å². The highest BCUT2D eigenvalue weighted by Crippen LogP contribution is 2.57. The Morgan fingerprint density at radius 2 is 2.00 bits per heavy atom. The van der Waals surface area contributed by atoms with Gasteiger partial charge in [-0.05, 0) is 50.2 Å². The maximum absolute atomic E-state index is 13.4. The molecule has 1 aromatic heterocycles. The van der Waals surface area contributed by atoms with E-state index >= 15 is 0 Å². The Hall–Kier alpha value is -3.15. The number of likely N-dealkylation sites (tertiary alicyclic amines) is 1. The lowest BCUT2D eigenvalue weighted by molar-refractivity contribution is -0.140. The van der Waals surface area contributed by atoms with Crippen molar-refractivity contribution in [2.24, 2.45) is 11.8 Å². The smallest absolute Gasteiger partial charge is 0.410 e.